The van der Waals surface area contributed by atoms with Gasteiger partial charge in [0, 0.05) is 6.20 Å². The molecule has 5 nitrogen and oxygen atoms in total. The summed E-state index contributed by atoms with van der Waals surface area (Å²) in [6, 6.07) is 10.1. The Labute approximate surface area is 130 Å². The molecule has 2 aromatic rings. The maximum Gasteiger partial charge on any atom is 0.244 e. The normalized spacial score (nSPS) is 21.0. The van der Waals surface area contributed by atoms with E-state index in [1.54, 1.807) is 6.20 Å². The lowest BCUT2D eigenvalue weighted by Gasteiger charge is -2.26. The second kappa shape index (κ2) is 6.32. The zero-order valence-electron chi connectivity index (χ0n) is 12.9. The standard InChI is InChI=1S/C17H22N4O/c1-2-17(9-6-10-18-17)16(22)20-15-11-19-21(13-15)12-14-7-4-3-5-8-14/h3-5,7-8,11,13,18H,2,6,9-10,12H2,1H3,(H,20,22). The zero-order valence-corrected chi connectivity index (χ0v) is 12.9. The third kappa shape index (κ3) is 3.04. The van der Waals surface area contributed by atoms with Gasteiger partial charge in [-0.15, -0.1) is 0 Å². The lowest BCUT2D eigenvalue weighted by atomic mass is 9.93. The van der Waals surface area contributed by atoms with Crippen LogP contribution in [0.5, 0.6) is 0 Å². The molecular weight excluding hydrogens is 276 g/mol. The number of aromatic nitrogens is 2. The summed E-state index contributed by atoms with van der Waals surface area (Å²) < 4.78 is 1.84. The van der Waals surface area contributed by atoms with Gasteiger partial charge in [-0.05, 0) is 31.4 Å². The van der Waals surface area contributed by atoms with Gasteiger partial charge < -0.3 is 10.6 Å². The number of anilines is 1. The molecule has 0 radical (unpaired) electrons. The molecule has 0 bridgehead atoms. The van der Waals surface area contributed by atoms with Gasteiger partial charge in [0.2, 0.25) is 5.91 Å². The van der Waals surface area contributed by atoms with Gasteiger partial charge in [0.1, 0.15) is 0 Å². The highest BCUT2D eigenvalue weighted by Gasteiger charge is 2.39. The number of nitrogens with one attached hydrogen (secondary N) is 2. The number of hydrogen-bond donors (Lipinski definition) is 2. The van der Waals surface area contributed by atoms with Crippen molar-refractivity contribution < 1.29 is 4.79 Å². The lowest BCUT2D eigenvalue weighted by Crippen LogP contribution is -2.50. The maximum absolute atomic E-state index is 12.5. The molecule has 1 saturated heterocycles. The molecule has 2 N–H and O–H groups in total. The largest absolute Gasteiger partial charge is 0.322 e. The van der Waals surface area contributed by atoms with Crippen LogP contribution in [0.3, 0.4) is 0 Å². The van der Waals surface area contributed by atoms with E-state index in [0.29, 0.717) is 6.54 Å². The van der Waals surface area contributed by atoms with E-state index in [9.17, 15) is 4.79 Å². The van der Waals surface area contributed by atoms with Crippen LogP contribution in [0.2, 0.25) is 0 Å². The Kier molecular flexibility index (Phi) is 4.24. The first kappa shape index (κ1) is 14.8. The molecule has 1 aliphatic rings. The van der Waals surface area contributed by atoms with Crippen LogP contribution >= 0.6 is 0 Å². The molecule has 5 heteroatoms. The summed E-state index contributed by atoms with van der Waals surface area (Å²) >= 11 is 0. The fraction of sp³-hybridized carbons (Fsp3) is 0.412. The van der Waals surface area contributed by atoms with E-state index in [4.69, 9.17) is 0 Å². The van der Waals surface area contributed by atoms with Crippen molar-refractivity contribution in [3.8, 4) is 0 Å². The van der Waals surface area contributed by atoms with Crippen molar-refractivity contribution in [2.24, 2.45) is 0 Å². The molecule has 0 spiro atoms. The second-order valence-electron chi connectivity index (χ2n) is 5.83. The van der Waals surface area contributed by atoms with Gasteiger partial charge in [-0.1, -0.05) is 37.3 Å². The van der Waals surface area contributed by atoms with Crippen molar-refractivity contribution in [1.29, 1.82) is 0 Å². The molecule has 1 aliphatic heterocycles. The second-order valence-corrected chi connectivity index (χ2v) is 5.83. The molecule has 1 aromatic heterocycles. The van der Waals surface area contributed by atoms with Crippen LogP contribution in [0.15, 0.2) is 42.7 Å². The first-order valence-electron chi connectivity index (χ1n) is 7.85. The van der Waals surface area contributed by atoms with Gasteiger partial charge >= 0.3 is 0 Å². The summed E-state index contributed by atoms with van der Waals surface area (Å²) in [4.78, 5) is 12.5. The first-order valence-corrected chi connectivity index (χ1v) is 7.85. The summed E-state index contributed by atoms with van der Waals surface area (Å²) in [6.45, 7) is 3.67. The van der Waals surface area contributed by atoms with Gasteiger partial charge in [0.15, 0.2) is 0 Å². The molecule has 0 saturated carbocycles. The summed E-state index contributed by atoms with van der Waals surface area (Å²) in [7, 11) is 0. The first-order chi connectivity index (χ1) is 10.7. The van der Waals surface area contributed by atoms with E-state index in [-0.39, 0.29) is 5.91 Å². The van der Waals surface area contributed by atoms with Gasteiger partial charge in [-0.3, -0.25) is 9.48 Å². The number of amides is 1. The molecule has 2 heterocycles. The number of carbonyl (C=O) groups is 1. The topological polar surface area (TPSA) is 59.0 Å². The molecule has 1 fully saturated rings. The fourth-order valence-electron chi connectivity index (χ4n) is 3.00. The highest BCUT2D eigenvalue weighted by atomic mass is 16.2. The minimum absolute atomic E-state index is 0.0479. The van der Waals surface area contributed by atoms with Crippen LogP contribution in [-0.2, 0) is 11.3 Å². The minimum Gasteiger partial charge on any atom is -0.322 e. The summed E-state index contributed by atoms with van der Waals surface area (Å²) in [5, 5.41) is 10.7. The highest BCUT2D eigenvalue weighted by Crippen LogP contribution is 2.24. The molecule has 1 aromatic carbocycles. The average Bonchev–Trinajstić information content (AvgIpc) is 3.18. The summed E-state index contributed by atoms with van der Waals surface area (Å²) in [5.74, 6) is 0.0479. The minimum atomic E-state index is -0.415. The van der Waals surface area contributed by atoms with Gasteiger partial charge in [0.05, 0.1) is 24.0 Å². The predicted octanol–water partition coefficient (Wildman–Crippen LogP) is 2.40. The molecule has 0 aliphatic carbocycles. The Balaban J connectivity index is 1.65. The number of benzene rings is 1. The number of nitrogens with zero attached hydrogens (tertiary/aromatic N) is 2. The summed E-state index contributed by atoms with van der Waals surface area (Å²) in [5.41, 5.74) is 1.52. The average molecular weight is 298 g/mol. The lowest BCUT2D eigenvalue weighted by molar-refractivity contribution is -0.122. The van der Waals surface area contributed by atoms with Crippen molar-refractivity contribution in [3.05, 3.63) is 48.3 Å². The van der Waals surface area contributed by atoms with Crippen LogP contribution in [0.1, 0.15) is 31.7 Å². The van der Waals surface area contributed by atoms with Crippen LogP contribution in [0.4, 0.5) is 5.69 Å². The Morgan fingerprint density at radius 3 is 2.91 bits per heavy atom. The van der Waals surface area contributed by atoms with Crippen LogP contribution < -0.4 is 10.6 Å². The number of carbonyl (C=O) groups excluding carboxylic acids is 1. The number of hydrogen-bond acceptors (Lipinski definition) is 3. The SMILES string of the molecule is CCC1(C(=O)Nc2cnn(Cc3ccccc3)c2)CCCN1. The third-order valence-corrected chi connectivity index (χ3v) is 4.36. The highest BCUT2D eigenvalue weighted by molar-refractivity contribution is 5.98. The summed E-state index contributed by atoms with van der Waals surface area (Å²) in [6.07, 6.45) is 6.33. The zero-order chi connectivity index (χ0) is 15.4. The van der Waals surface area contributed by atoms with E-state index < -0.39 is 5.54 Å². The number of rotatable bonds is 5. The van der Waals surface area contributed by atoms with Crippen molar-refractivity contribution >= 4 is 11.6 Å². The predicted molar refractivity (Wildman–Crippen MR) is 86.7 cm³/mol. The van der Waals surface area contributed by atoms with E-state index in [1.807, 2.05) is 29.1 Å². The van der Waals surface area contributed by atoms with Crippen molar-refractivity contribution in [3.63, 3.8) is 0 Å². The molecule has 3 rings (SSSR count). The fourth-order valence-corrected chi connectivity index (χ4v) is 3.00. The third-order valence-electron chi connectivity index (χ3n) is 4.36. The monoisotopic (exact) mass is 298 g/mol. The van der Waals surface area contributed by atoms with Crippen molar-refractivity contribution in [2.45, 2.75) is 38.3 Å². The van der Waals surface area contributed by atoms with Crippen LogP contribution in [0, 0.1) is 0 Å². The Morgan fingerprint density at radius 2 is 2.23 bits per heavy atom. The van der Waals surface area contributed by atoms with E-state index in [1.165, 1.54) is 5.56 Å². The maximum atomic E-state index is 12.5. The van der Waals surface area contributed by atoms with Gasteiger partial charge in [0.25, 0.3) is 0 Å². The Morgan fingerprint density at radius 1 is 1.41 bits per heavy atom. The molecule has 22 heavy (non-hydrogen) atoms. The van der Waals surface area contributed by atoms with Crippen LogP contribution in [0.25, 0.3) is 0 Å². The molecule has 1 amide bonds. The smallest absolute Gasteiger partial charge is 0.244 e. The molecular formula is C17H22N4O. The van der Waals surface area contributed by atoms with E-state index >= 15 is 0 Å². The van der Waals surface area contributed by atoms with Crippen molar-refractivity contribution in [1.82, 2.24) is 15.1 Å². The van der Waals surface area contributed by atoms with Crippen molar-refractivity contribution in [2.75, 3.05) is 11.9 Å². The Bertz CT molecular complexity index is 629. The van der Waals surface area contributed by atoms with Crippen LogP contribution in [-0.4, -0.2) is 27.8 Å². The molecule has 1 atom stereocenters. The molecule has 116 valence electrons. The quantitative estimate of drug-likeness (QED) is 0.891. The molecule has 1 unspecified atom stereocenters. The van der Waals surface area contributed by atoms with E-state index in [0.717, 1.165) is 31.5 Å². The van der Waals surface area contributed by atoms with Gasteiger partial charge in [-0.25, -0.2) is 0 Å². The van der Waals surface area contributed by atoms with Gasteiger partial charge in [-0.2, -0.15) is 5.10 Å². The Hall–Kier alpha value is -2.14. The van der Waals surface area contributed by atoms with E-state index in [2.05, 4.69) is 34.8 Å².